The molecule has 7 saturated heterocycles. The highest BCUT2D eigenvalue weighted by Gasteiger charge is 2.73. The molecule has 108 heavy (non-hydrogen) atoms. The van der Waals surface area contributed by atoms with Crippen LogP contribution in [0.3, 0.4) is 0 Å². The third kappa shape index (κ3) is 14.7. The van der Waals surface area contributed by atoms with Gasteiger partial charge in [-0.15, -0.1) is 0 Å². The minimum atomic E-state index is -2.09. The van der Waals surface area contributed by atoms with Gasteiger partial charge in [0.2, 0.25) is 6.29 Å². The standard InChI is InChI=1S/C71H116O37/c1-25-38(78)42(82)47(87)60(97-25)105-55-31(21-74)101-63(51(91)46(55)86)107-57-41(81)30(20-73)98-58(53(57)93)96-24-33-40(80)44(84)49(89)64(102-33)108-65(94)71-16-15-66(2,3)17-27(71)26-9-10-35-68(6)13-12-37(67(4,5)34(68)11-14-69(35,7)70(26,8)18-36(71)77)103-59-52(92)54(28(76)23-95-59)104-62-50(90)45(85)56(32(22-75)100-62)106-61-48(88)43(83)39(79)29(19-72)99-61/h9,25,27-64,72-93H,10-24H2,1-8H3. The predicted octanol–water partition coefficient (Wildman–Crippen LogP) is -7.93. The van der Waals surface area contributed by atoms with Crippen molar-refractivity contribution in [1.29, 1.82) is 0 Å². The Bertz CT molecular complexity index is 3060. The van der Waals surface area contributed by atoms with Crippen LogP contribution < -0.4 is 0 Å². The van der Waals surface area contributed by atoms with E-state index in [-0.39, 0.29) is 35.5 Å². The first-order valence-electron chi connectivity index (χ1n) is 37.7. The monoisotopic (exact) mass is 1560 g/mol. The van der Waals surface area contributed by atoms with Gasteiger partial charge >= 0.3 is 5.97 Å². The van der Waals surface area contributed by atoms with E-state index >= 15 is 4.79 Å². The summed E-state index contributed by atoms with van der Waals surface area (Å²) < 4.78 is 82.1. The van der Waals surface area contributed by atoms with Gasteiger partial charge in [0.1, 0.15) is 164 Å². The molecule has 11 fully saturated rings. The van der Waals surface area contributed by atoms with E-state index in [0.29, 0.717) is 44.9 Å². The zero-order valence-corrected chi connectivity index (χ0v) is 61.7. The number of hydrogen-bond donors (Lipinski definition) is 22. The second-order valence-electron chi connectivity index (χ2n) is 34.4. The van der Waals surface area contributed by atoms with Crippen LogP contribution in [-0.2, 0) is 71.1 Å². The number of fused-ring (bicyclic) bond motifs is 7. The highest BCUT2D eigenvalue weighted by molar-refractivity contribution is 5.80. The molecule has 7 heterocycles. The number of hydrogen-bond acceptors (Lipinski definition) is 37. The molecule has 0 aromatic rings. The van der Waals surface area contributed by atoms with Crippen molar-refractivity contribution < 1.29 is 183 Å². The number of ether oxygens (including phenoxy) is 14. The largest absolute Gasteiger partial charge is 0.432 e. The summed E-state index contributed by atoms with van der Waals surface area (Å²) in [5, 5.41) is 242. The minimum absolute atomic E-state index is 0.00311. The molecule has 43 atom stereocenters. The molecule has 7 aliphatic heterocycles. The van der Waals surface area contributed by atoms with Crippen LogP contribution in [0, 0.1) is 50.2 Å². The van der Waals surface area contributed by atoms with Gasteiger partial charge in [-0.05, 0) is 110 Å². The number of aliphatic hydroxyl groups excluding tert-OH is 22. The van der Waals surface area contributed by atoms with Crippen LogP contribution in [0.2, 0.25) is 0 Å². The van der Waals surface area contributed by atoms with Gasteiger partial charge in [0.25, 0.3) is 0 Å². The van der Waals surface area contributed by atoms with Crippen molar-refractivity contribution in [3.63, 3.8) is 0 Å². The van der Waals surface area contributed by atoms with Crippen molar-refractivity contribution in [2.75, 3.05) is 39.6 Å². The summed E-state index contributed by atoms with van der Waals surface area (Å²) in [6.45, 7) is 11.8. The molecule has 12 rings (SSSR count). The maximum atomic E-state index is 15.5. The van der Waals surface area contributed by atoms with Gasteiger partial charge in [0, 0.05) is 0 Å². The minimum Gasteiger partial charge on any atom is -0.432 e. The smallest absolute Gasteiger partial charge is 0.317 e. The van der Waals surface area contributed by atoms with E-state index in [9.17, 15) is 112 Å². The maximum absolute atomic E-state index is 15.5. The lowest BCUT2D eigenvalue weighted by atomic mass is 9.33. The fourth-order valence-corrected chi connectivity index (χ4v) is 20.7. The van der Waals surface area contributed by atoms with Gasteiger partial charge < -0.3 is 179 Å². The van der Waals surface area contributed by atoms with Gasteiger partial charge in [0.15, 0.2) is 37.7 Å². The molecule has 37 nitrogen and oxygen atoms in total. The molecule has 0 aromatic carbocycles. The summed E-state index contributed by atoms with van der Waals surface area (Å²) in [4.78, 5) is 15.5. The molecule has 22 N–H and O–H groups in total. The van der Waals surface area contributed by atoms with Crippen LogP contribution in [0.1, 0.15) is 113 Å². The molecule has 622 valence electrons. The fraction of sp³-hybridized carbons (Fsp3) is 0.958. The van der Waals surface area contributed by atoms with Crippen LogP contribution in [0.5, 0.6) is 0 Å². The highest BCUT2D eigenvalue weighted by atomic mass is 16.8. The normalized spacial score (nSPS) is 54.5. The van der Waals surface area contributed by atoms with E-state index in [4.69, 9.17) is 66.3 Å². The average molecular weight is 1560 g/mol. The Hall–Kier alpha value is -2.19. The Morgan fingerprint density at radius 2 is 0.926 bits per heavy atom. The zero-order valence-electron chi connectivity index (χ0n) is 61.7. The van der Waals surface area contributed by atoms with Gasteiger partial charge in [-0.25, -0.2) is 0 Å². The van der Waals surface area contributed by atoms with Crippen molar-refractivity contribution in [1.82, 2.24) is 0 Å². The van der Waals surface area contributed by atoms with E-state index < -0.39 is 294 Å². The second kappa shape index (κ2) is 32.4. The molecule has 12 aliphatic rings. The Kier molecular flexibility index (Phi) is 25.5. The van der Waals surface area contributed by atoms with Crippen molar-refractivity contribution in [3.8, 4) is 0 Å². The summed E-state index contributed by atoms with van der Waals surface area (Å²) >= 11 is 0. The Balaban J connectivity index is 0.698. The number of carbonyl (C=O) groups is 1. The van der Waals surface area contributed by atoms with Crippen molar-refractivity contribution in [2.24, 2.45) is 50.2 Å². The van der Waals surface area contributed by atoms with Crippen molar-refractivity contribution in [2.45, 2.75) is 334 Å². The summed E-state index contributed by atoms with van der Waals surface area (Å²) in [6, 6.07) is 0. The van der Waals surface area contributed by atoms with Gasteiger partial charge in [-0.3, -0.25) is 4.79 Å². The van der Waals surface area contributed by atoms with E-state index in [2.05, 4.69) is 54.5 Å². The van der Waals surface area contributed by atoms with Crippen molar-refractivity contribution >= 4 is 5.97 Å². The lowest BCUT2D eigenvalue weighted by Crippen LogP contribution is -2.68. The first kappa shape index (κ1) is 85.2. The number of rotatable bonds is 19. The quantitative estimate of drug-likeness (QED) is 0.0324. The third-order valence-corrected chi connectivity index (χ3v) is 27.3. The highest BCUT2D eigenvalue weighted by Crippen LogP contribution is 2.76. The molecule has 4 saturated carbocycles. The van der Waals surface area contributed by atoms with E-state index in [1.807, 2.05) is 0 Å². The fourth-order valence-electron chi connectivity index (χ4n) is 20.7. The zero-order chi connectivity index (χ0) is 78.9. The van der Waals surface area contributed by atoms with E-state index in [1.54, 1.807) is 0 Å². The molecule has 0 radical (unpaired) electrons. The molecule has 37 heteroatoms. The molecule has 0 amide bonds. The van der Waals surface area contributed by atoms with Gasteiger partial charge in [0.05, 0.1) is 58.0 Å². The Morgan fingerprint density at radius 3 is 1.51 bits per heavy atom. The third-order valence-electron chi connectivity index (χ3n) is 27.3. The molecular weight excluding hydrogens is 1440 g/mol. The molecule has 0 aromatic heterocycles. The summed E-state index contributed by atoms with van der Waals surface area (Å²) in [7, 11) is 0. The van der Waals surface area contributed by atoms with Crippen LogP contribution in [0.15, 0.2) is 11.6 Å². The van der Waals surface area contributed by atoms with Crippen LogP contribution in [0.25, 0.3) is 0 Å². The number of aliphatic hydroxyl groups is 22. The number of allylic oxidation sites excluding steroid dienone is 2. The van der Waals surface area contributed by atoms with E-state index in [1.165, 1.54) is 6.92 Å². The van der Waals surface area contributed by atoms with E-state index in [0.717, 1.165) is 5.57 Å². The number of carbonyl (C=O) groups excluding carboxylic acids is 1. The number of esters is 1. The summed E-state index contributed by atoms with van der Waals surface area (Å²) in [5.41, 5.74) is -3.11. The van der Waals surface area contributed by atoms with Gasteiger partial charge in [-0.1, -0.05) is 60.1 Å². The first-order chi connectivity index (χ1) is 50.7. The maximum Gasteiger partial charge on any atom is 0.317 e. The predicted molar refractivity (Wildman–Crippen MR) is 355 cm³/mol. The molecular formula is C71H116O37. The molecule has 0 spiro atoms. The van der Waals surface area contributed by atoms with Crippen molar-refractivity contribution in [3.05, 3.63) is 11.6 Å². The molecule has 43 unspecified atom stereocenters. The summed E-state index contributed by atoms with van der Waals surface area (Å²) in [6.07, 6.45) is -55.2. The van der Waals surface area contributed by atoms with Crippen LogP contribution in [0.4, 0.5) is 0 Å². The first-order valence-corrected chi connectivity index (χ1v) is 37.7. The van der Waals surface area contributed by atoms with Crippen LogP contribution in [-0.4, -0.2) is 379 Å². The Labute approximate surface area is 623 Å². The van der Waals surface area contributed by atoms with Crippen LogP contribution >= 0.6 is 0 Å². The Morgan fingerprint density at radius 1 is 0.444 bits per heavy atom. The van der Waals surface area contributed by atoms with Gasteiger partial charge in [-0.2, -0.15) is 0 Å². The summed E-state index contributed by atoms with van der Waals surface area (Å²) in [5.74, 6) is -1.51. The molecule has 0 bridgehead atoms. The lowest BCUT2D eigenvalue weighted by Gasteiger charge is -2.71. The molecule has 5 aliphatic carbocycles. The SMILES string of the molecule is CC1OC(OC2C(CO)OC(OC3C(O)C(CO)OC(OCC4OC(OC(=O)C56CCC(C)(C)CC5C5=CCC7C8(C)CCC(OC9OCC(O)C(OC%10OC(CO)C(OC%11OC(CO)C(O)C(O)C%11O)C(O)C%10O)C9O)C(C)(C)C8CCC7(C)C5(C)CC6O)C(O)C(O)C4O)C3O)C(O)C2O)C(O)C(O)C1O. The average Bonchev–Trinajstić information content (AvgIpc) is 0.670. The topological polar surface area (TPSA) is 591 Å². The second-order valence-corrected chi connectivity index (χ2v) is 34.4. The lowest BCUT2D eigenvalue weighted by molar-refractivity contribution is -0.380.